The van der Waals surface area contributed by atoms with Crippen molar-refractivity contribution < 1.29 is 4.79 Å². The van der Waals surface area contributed by atoms with E-state index in [0.29, 0.717) is 0 Å². The molecule has 0 N–H and O–H groups in total. The molecular formula is C16H16N2O. The van der Waals surface area contributed by atoms with Crippen LogP contribution in [-0.2, 0) is 6.54 Å². The topological polar surface area (TPSA) is 34.9 Å². The van der Waals surface area contributed by atoms with E-state index in [1.807, 2.05) is 24.3 Å². The van der Waals surface area contributed by atoms with Crippen LogP contribution in [0.1, 0.15) is 30.6 Å². The van der Waals surface area contributed by atoms with E-state index in [4.69, 9.17) is 0 Å². The summed E-state index contributed by atoms with van der Waals surface area (Å²) in [5, 5.41) is 1.07. The number of carbonyl (C=O) groups excluding carboxylic acids is 1. The summed E-state index contributed by atoms with van der Waals surface area (Å²) in [5.74, 6) is 0.0919. The number of nitrogens with zero attached hydrogens (tertiary/aromatic N) is 2. The zero-order chi connectivity index (χ0) is 13.4. The van der Waals surface area contributed by atoms with Gasteiger partial charge in [0.05, 0.1) is 16.6 Å². The molecule has 0 unspecified atom stereocenters. The van der Waals surface area contributed by atoms with Crippen LogP contribution >= 0.6 is 0 Å². The zero-order valence-electron chi connectivity index (χ0n) is 11.2. The number of benzene rings is 1. The average Bonchev–Trinajstić information content (AvgIpc) is 2.74. The third-order valence-corrected chi connectivity index (χ3v) is 3.47. The predicted octanol–water partition coefficient (Wildman–Crippen LogP) is 3.80. The van der Waals surface area contributed by atoms with Gasteiger partial charge in [-0.05, 0) is 43.7 Å². The Bertz CT molecular complexity index is 771. The lowest BCUT2D eigenvalue weighted by atomic mass is 10.1. The fraction of sp³-hybridized carbons (Fsp3) is 0.250. The average molecular weight is 252 g/mol. The van der Waals surface area contributed by atoms with Gasteiger partial charge in [0.15, 0.2) is 5.78 Å². The maximum atomic E-state index is 11.5. The number of aryl methyl sites for hydroxylation is 1. The molecule has 0 saturated carbocycles. The summed E-state index contributed by atoms with van der Waals surface area (Å²) in [6.45, 7) is 4.73. The molecular weight excluding hydrogens is 236 g/mol. The minimum Gasteiger partial charge on any atom is -0.339 e. The third kappa shape index (κ3) is 1.82. The number of carbonyl (C=O) groups is 1. The van der Waals surface area contributed by atoms with Crippen LogP contribution in [-0.4, -0.2) is 15.3 Å². The van der Waals surface area contributed by atoms with Gasteiger partial charge in [-0.15, -0.1) is 0 Å². The molecule has 0 saturated heterocycles. The zero-order valence-corrected chi connectivity index (χ0v) is 11.2. The molecule has 1 aromatic carbocycles. The molecule has 3 nitrogen and oxygen atoms in total. The van der Waals surface area contributed by atoms with E-state index >= 15 is 0 Å². The highest BCUT2D eigenvalue weighted by Gasteiger charge is 2.12. The summed E-state index contributed by atoms with van der Waals surface area (Å²) < 4.78 is 2.28. The number of fused-ring (bicyclic) bond motifs is 3. The quantitative estimate of drug-likeness (QED) is 0.664. The maximum absolute atomic E-state index is 11.5. The molecule has 0 fully saturated rings. The molecule has 2 aromatic heterocycles. The molecule has 0 atom stereocenters. The van der Waals surface area contributed by atoms with Gasteiger partial charge in [0.2, 0.25) is 0 Å². The van der Waals surface area contributed by atoms with Crippen molar-refractivity contribution in [1.82, 2.24) is 9.55 Å². The third-order valence-electron chi connectivity index (χ3n) is 3.47. The number of pyridine rings is 1. The number of hydrogen-bond acceptors (Lipinski definition) is 2. The number of ketones is 1. The number of rotatable bonds is 3. The van der Waals surface area contributed by atoms with Crippen molar-refractivity contribution in [3.8, 4) is 0 Å². The van der Waals surface area contributed by atoms with E-state index < -0.39 is 0 Å². The second kappa shape index (κ2) is 4.50. The van der Waals surface area contributed by atoms with E-state index in [2.05, 4.69) is 22.5 Å². The first-order chi connectivity index (χ1) is 9.22. The highest BCUT2D eigenvalue weighted by molar-refractivity contribution is 6.08. The monoisotopic (exact) mass is 252 g/mol. The van der Waals surface area contributed by atoms with Crippen LogP contribution in [0.3, 0.4) is 0 Å². The van der Waals surface area contributed by atoms with Gasteiger partial charge in [-0.25, -0.2) is 0 Å². The van der Waals surface area contributed by atoms with Crippen LogP contribution in [0.25, 0.3) is 21.9 Å². The Morgan fingerprint density at radius 2 is 2.11 bits per heavy atom. The molecule has 0 spiro atoms. The van der Waals surface area contributed by atoms with Crippen molar-refractivity contribution in [1.29, 1.82) is 0 Å². The fourth-order valence-electron chi connectivity index (χ4n) is 2.60. The second-order valence-corrected chi connectivity index (χ2v) is 4.81. The number of Topliss-reactive ketones (excluding diaryl/α,β-unsaturated/α-hetero) is 1. The van der Waals surface area contributed by atoms with Crippen LogP contribution in [0.2, 0.25) is 0 Å². The van der Waals surface area contributed by atoms with Crippen molar-refractivity contribution in [3.05, 3.63) is 42.1 Å². The first kappa shape index (κ1) is 11.9. The molecule has 0 amide bonds. The Labute approximate surface area is 111 Å². The minimum absolute atomic E-state index is 0.0919. The first-order valence-corrected chi connectivity index (χ1v) is 6.60. The molecule has 0 aliphatic carbocycles. The van der Waals surface area contributed by atoms with Crippen LogP contribution in [0.15, 0.2) is 36.5 Å². The molecule has 19 heavy (non-hydrogen) atoms. The summed E-state index contributed by atoms with van der Waals surface area (Å²) in [5.41, 5.74) is 4.02. The van der Waals surface area contributed by atoms with Gasteiger partial charge >= 0.3 is 0 Å². The van der Waals surface area contributed by atoms with Crippen molar-refractivity contribution in [2.24, 2.45) is 0 Å². The summed E-state index contributed by atoms with van der Waals surface area (Å²) in [6, 6.07) is 9.93. The SMILES string of the molecule is CCCn1c2ccc(C(C)=O)cc2c2ncccc21. The highest BCUT2D eigenvalue weighted by atomic mass is 16.1. The Morgan fingerprint density at radius 3 is 2.84 bits per heavy atom. The molecule has 96 valence electrons. The van der Waals surface area contributed by atoms with E-state index in [-0.39, 0.29) is 5.78 Å². The Hall–Kier alpha value is -2.16. The predicted molar refractivity (Wildman–Crippen MR) is 77.5 cm³/mol. The lowest BCUT2D eigenvalue weighted by molar-refractivity contribution is 0.101. The van der Waals surface area contributed by atoms with Crippen molar-refractivity contribution >= 4 is 27.7 Å². The van der Waals surface area contributed by atoms with Crippen LogP contribution in [0.5, 0.6) is 0 Å². The fourth-order valence-corrected chi connectivity index (χ4v) is 2.60. The summed E-state index contributed by atoms with van der Waals surface area (Å²) >= 11 is 0. The van der Waals surface area contributed by atoms with Crippen molar-refractivity contribution in [3.63, 3.8) is 0 Å². The maximum Gasteiger partial charge on any atom is 0.159 e. The second-order valence-electron chi connectivity index (χ2n) is 4.81. The Balaban J connectivity index is 2.41. The van der Waals surface area contributed by atoms with Crippen molar-refractivity contribution in [2.45, 2.75) is 26.8 Å². The molecule has 3 heteroatoms. The lowest BCUT2D eigenvalue weighted by Crippen LogP contribution is -1.96. The standard InChI is InChI=1S/C16H16N2O/c1-3-9-18-14-7-6-12(11(2)19)10-13(14)16-15(18)5-4-8-17-16/h4-8,10H,3,9H2,1-2H3. The summed E-state index contributed by atoms with van der Waals surface area (Å²) in [6.07, 6.45) is 2.88. The molecule has 0 radical (unpaired) electrons. The molecule has 0 bridgehead atoms. The number of aromatic nitrogens is 2. The van der Waals surface area contributed by atoms with Gasteiger partial charge in [0, 0.05) is 23.7 Å². The minimum atomic E-state index is 0.0919. The van der Waals surface area contributed by atoms with E-state index in [1.165, 1.54) is 0 Å². The lowest BCUT2D eigenvalue weighted by Gasteiger charge is -2.04. The normalized spacial score (nSPS) is 11.3. The molecule has 0 aliphatic heterocycles. The number of hydrogen-bond donors (Lipinski definition) is 0. The van der Waals surface area contributed by atoms with Gasteiger partial charge in [0.25, 0.3) is 0 Å². The van der Waals surface area contributed by atoms with Gasteiger partial charge < -0.3 is 4.57 Å². The Morgan fingerprint density at radius 1 is 1.26 bits per heavy atom. The van der Waals surface area contributed by atoms with Gasteiger partial charge in [-0.2, -0.15) is 0 Å². The van der Waals surface area contributed by atoms with E-state index in [1.54, 1.807) is 13.1 Å². The van der Waals surface area contributed by atoms with E-state index in [9.17, 15) is 4.79 Å². The Kier molecular flexibility index (Phi) is 2.82. The van der Waals surface area contributed by atoms with E-state index in [0.717, 1.165) is 40.5 Å². The van der Waals surface area contributed by atoms with Crippen LogP contribution in [0.4, 0.5) is 0 Å². The molecule has 3 rings (SSSR count). The largest absolute Gasteiger partial charge is 0.339 e. The van der Waals surface area contributed by atoms with Gasteiger partial charge in [-0.3, -0.25) is 9.78 Å². The van der Waals surface area contributed by atoms with Crippen LogP contribution < -0.4 is 0 Å². The summed E-state index contributed by atoms with van der Waals surface area (Å²) in [7, 11) is 0. The molecule has 2 heterocycles. The smallest absolute Gasteiger partial charge is 0.159 e. The first-order valence-electron chi connectivity index (χ1n) is 6.60. The highest BCUT2D eigenvalue weighted by Crippen LogP contribution is 2.28. The summed E-state index contributed by atoms with van der Waals surface area (Å²) in [4.78, 5) is 16.0. The van der Waals surface area contributed by atoms with Crippen LogP contribution in [0, 0.1) is 0 Å². The van der Waals surface area contributed by atoms with Gasteiger partial charge in [0.1, 0.15) is 0 Å². The van der Waals surface area contributed by atoms with Gasteiger partial charge in [-0.1, -0.05) is 6.92 Å². The molecule has 3 aromatic rings. The molecule has 0 aliphatic rings. The van der Waals surface area contributed by atoms with Crippen molar-refractivity contribution in [2.75, 3.05) is 0 Å².